The normalized spacial score (nSPS) is 11.9. The first-order valence-electron chi connectivity index (χ1n) is 6.38. The van der Waals surface area contributed by atoms with Gasteiger partial charge in [0, 0.05) is 5.56 Å². The van der Waals surface area contributed by atoms with E-state index in [2.05, 4.69) is 0 Å². The molecule has 0 fully saturated rings. The van der Waals surface area contributed by atoms with Crippen molar-refractivity contribution in [1.29, 1.82) is 0 Å². The number of para-hydroxylation sites is 1. The van der Waals surface area contributed by atoms with Gasteiger partial charge in [0.25, 0.3) is 0 Å². The maximum atomic E-state index is 10.1. The molecule has 0 bridgehead atoms. The zero-order chi connectivity index (χ0) is 14.4. The standard InChI is InChI=1S/C16H18O4/c1-19-15-9-5-8-13(10-17)16(15)20-11-14(18)12-6-3-2-4-7-12/h2-9,14,17-18H,10-11H2,1H3. The lowest BCUT2D eigenvalue weighted by Crippen LogP contribution is -2.11. The maximum absolute atomic E-state index is 10.1. The van der Waals surface area contributed by atoms with Crippen LogP contribution in [0.25, 0.3) is 0 Å². The van der Waals surface area contributed by atoms with E-state index in [0.29, 0.717) is 17.1 Å². The minimum absolute atomic E-state index is 0.0946. The van der Waals surface area contributed by atoms with Crippen molar-refractivity contribution in [3.05, 3.63) is 59.7 Å². The van der Waals surface area contributed by atoms with E-state index in [4.69, 9.17) is 9.47 Å². The zero-order valence-electron chi connectivity index (χ0n) is 11.3. The summed E-state index contributed by atoms with van der Waals surface area (Å²) in [6.45, 7) is -0.0502. The second-order valence-corrected chi connectivity index (χ2v) is 4.34. The van der Waals surface area contributed by atoms with Crippen LogP contribution in [0, 0.1) is 0 Å². The van der Waals surface area contributed by atoms with E-state index < -0.39 is 6.10 Å². The van der Waals surface area contributed by atoms with Crippen molar-refractivity contribution >= 4 is 0 Å². The summed E-state index contributed by atoms with van der Waals surface area (Å²) in [6.07, 6.45) is -0.729. The maximum Gasteiger partial charge on any atom is 0.166 e. The van der Waals surface area contributed by atoms with E-state index in [-0.39, 0.29) is 13.2 Å². The molecule has 2 N–H and O–H groups in total. The first kappa shape index (κ1) is 14.4. The van der Waals surface area contributed by atoms with Gasteiger partial charge in [0.15, 0.2) is 11.5 Å². The molecule has 2 aromatic rings. The molecule has 0 radical (unpaired) electrons. The summed E-state index contributed by atoms with van der Waals surface area (Å²) >= 11 is 0. The highest BCUT2D eigenvalue weighted by atomic mass is 16.5. The van der Waals surface area contributed by atoms with Gasteiger partial charge in [0.2, 0.25) is 0 Å². The van der Waals surface area contributed by atoms with Crippen LogP contribution in [-0.2, 0) is 6.61 Å². The lowest BCUT2D eigenvalue weighted by Gasteiger charge is -2.17. The Labute approximate surface area is 118 Å². The summed E-state index contributed by atoms with van der Waals surface area (Å²) in [4.78, 5) is 0. The molecular weight excluding hydrogens is 256 g/mol. The summed E-state index contributed by atoms with van der Waals surface area (Å²) in [6, 6.07) is 14.6. The summed E-state index contributed by atoms with van der Waals surface area (Å²) < 4.78 is 10.8. The fourth-order valence-electron chi connectivity index (χ4n) is 1.94. The van der Waals surface area contributed by atoms with Gasteiger partial charge in [-0.2, -0.15) is 0 Å². The van der Waals surface area contributed by atoms with E-state index in [1.807, 2.05) is 30.3 Å². The van der Waals surface area contributed by atoms with Crippen molar-refractivity contribution in [2.45, 2.75) is 12.7 Å². The summed E-state index contributed by atoms with van der Waals surface area (Å²) in [5.41, 5.74) is 1.41. The van der Waals surface area contributed by atoms with Gasteiger partial charge >= 0.3 is 0 Å². The molecule has 2 aromatic carbocycles. The van der Waals surface area contributed by atoms with Crippen molar-refractivity contribution in [2.24, 2.45) is 0 Å². The second-order valence-electron chi connectivity index (χ2n) is 4.34. The molecular formula is C16H18O4. The molecule has 0 aliphatic carbocycles. The van der Waals surface area contributed by atoms with Crippen LogP contribution >= 0.6 is 0 Å². The molecule has 4 heteroatoms. The van der Waals surface area contributed by atoms with Crippen LogP contribution in [0.3, 0.4) is 0 Å². The molecule has 0 aliphatic heterocycles. The Kier molecular flexibility index (Phi) is 4.98. The van der Waals surface area contributed by atoms with Crippen LogP contribution in [0.15, 0.2) is 48.5 Å². The average Bonchev–Trinajstić information content (AvgIpc) is 2.52. The Morgan fingerprint density at radius 1 is 1.05 bits per heavy atom. The van der Waals surface area contributed by atoms with Gasteiger partial charge in [-0.25, -0.2) is 0 Å². The smallest absolute Gasteiger partial charge is 0.166 e. The Morgan fingerprint density at radius 3 is 2.45 bits per heavy atom. The summed E-state index contributed by atoms with van der Waals surface area (Å²) in [5, 5.41) is 19.4. The summed E-state index contributed by atoms with van der Waals surface area (Å²) in [7, 11) is 1.54. The Bertz CT molecular complexity index is 517. The molecule has 0 aromatic heterocycles. The molecule has 1 unspecified atom stereocenters. The van der Waals surface area contributed by atoms with Gasteiger partial charge in [-0.05, 0) is 11.6 Å². The van der Waals surface area contributed by atoms with E-state index in [9.17, 15) is 10.2 Å². The van der Waals surface area contributed by atoms with E-state index >= 15 is 0 Å². The molecule has 0 spiro atoms. The van der Waals surface area contributed by atoms with Gasteiger partial charge in [0.1, 0.15) is 12.7 Å². The monoisotopic (exact) mass is 274 g/mol. The highest BCUT2D eigenvalue weighted by Gasteiger charge is 2.13. The third kappa shape index (κ3) is 3.29. The predicted molar refractivity (Wildman–Crippen MR) is 75.8 cm³/mol. The third-order valence-electron chi connectivity index (χ3n) is 3.02. The molecule has 0 amide bonds. The average molecular weight is 274 g/mol. The first-order chi connectivity index (χ1) is 9.76. The van der Waals surface area contributed by atoms with Crippen LogP contribution in [0.1, 0.15) is 17.2 Å². The molecule has 4 nitrogen and oxygen atoms in total. The molecule has 2 rings (SSSR count). The third-order valence-corrected chi connectivity index (χ3v) is 3.02. The van der Waals surface area contributed by atoms with Crippen LogP contribution in [0.4, 0.5) is 0 Å². The van der Waals surface area contributed by atoms with Gasteiger partial charge in [-0.3, -0.25) is 0 Å². The van der Waals surface area contributed by atoms with Gasteiger partial charge < -0.3 is 19.7 Å². The van der Waals surface area contributed by atoms with E-state index in [1.165, 1.54) is 7.11 Å². The van der Waals surface area contributed by atoms with E-state index in [0.717, 1.165) is 5.56 Å². The quantitative estimate of drug-likeness (QED) is 0.848. The molecule has 20 heavy (non-hydrogen) atoms. The van der Waals surface area contributed by atoms with Crippen molar-refractivity contribution in [1.82, 2.24) is 0 Å². The SMILES string of the molecule is COc1cccc(CO)c1OCC(O)c1ccccc1. The van der Waals surface area contributed by atoms with Crippen molar-refractivity contribution in [2.75, 3.05) is 13.7 Å². The zero-order valence-corrected chi connectivity index (χ0v) is 11.3. The van der Waals surface area contributed by atoms with Gasteiger partial charge in [0.05, 0.1) is 13.7 Å². The predicted octanol–water partition coefficient (Wildman–Crippen LogP) is 2.30. The van der Waals surface area contributed by atoms with Crippen molar-refractivity contribution in [3.8, 4) is 11.5 Å². The molecule has 0 heterocycles. The minimum atomic E-state index is -0.729. The largest absolute Gasteiger partial charge is 0.493 e. The van der Waals surface area contributed by atoms with Crippen LogP contribution < -0.4 is 9.47 Å². The highest BCUT2D eigenvalue weighted by Crippen LogP contribution is 2.31. The lowest BCUT2D eigenvalue weighted by atomic mass is 10.1. The number of hydrogen-bond acceptors (Lipinski definition) is 4. The molecule has 0 aliphatic rings. The molecule has 0 saturated carbocycles. The Balaban J connectivity index is 2.11. The number of aliphatic hydroxyl groups excluding tert-OH is 2. The molecule has 0 saturated heterocycles. The topological polar surface area (TPSA) is 58.9 Å². The van der Waals surface area contributed by atoms with Crippen LogP contribution in [0.5, 0.6) is 11.5 Å². The minimum Gasteiger partial charge on any atom is -0.493 e. The number of aliphatic hydroxyl groups is 2. The van der Waals surface area contributed by atoms with Gasteiger partial charge in [-0.1, -0.05) is 42.5 Å². The van der Waals surface area contributed by atoms with Gasteiger partial charge in [-0.15, -0.1) is 0 Å². The number of benzene rings is 2. The van der Waals surface area contributed by atoms with Crippen LogP contribution in [0.2, 0.25) is 0 Å². The Morgan fingerprint density at radius 2 is 1.80 bits per heavy atom. The first-order valence-corrected chi connectivity index (χ1v) is 6.38. The number of methoxy groups -OCH3 is 1. The van der Waals surface area contributed by atoms with Crippen molar-refractivity contribution < 1.29 is 19.7 Å². The second kappa shape index (κ2) is 6.93. The summed E-state index contributed by atoms with van der Waals surface area (Å²) in [5.74, 6) is 1.00. The van der Waals surface area contributed by atoms with Crippen LogP contribution in [-0.4, -0.2) is 23.9 Å². The van der Waals surface area contributed by atoms with Crippen molar-refractivity contribution in [3.63, 3.8) is 0 Å². The molecule has 1 atom stereocenters. The lowest BCUT2D eigenvalue weighted by molar-refractivity contribution is 0.104. The van der Waals surface area contributed by atoms with E-state index in [1.54, 1.807) is 18.2 Å². The molecule has 106 valence electrons. The highest BCUT2D eigenvalue weighted by molar-refractivity contribution is 5.46. The number of ether oxygens (including phenoxy) is 2. The Hall–Kier alpha value is -2.04. The number of rotatable bonds is 6. The fraction of sp³-hybridized carbons (Fsp3) is 0.250. The fourth-order valence-corrected chi connectivity index (χ4v) is 1.94. The number of hydrogen-bond donors (Lipinski definition) is 2.